The van der Waals surface area contributed by atoms with Crippen LogP contribution in [-0.4, -0.2) is 52.0 Å². The first-order chi connectivity index (χ1) is 16.8. The van der Waals surface area contributed by atoms with Gasteiger partial charge in [0.15, 0.2) is 0 Å². The van der Waals surface area contributed by atoms with Crippen molar-refractivity contribution in [2.24, 2.45) is 0 Å². The van der Waals surface area contributed by atoms with Crippen molar-refractivity contribution < 1.29 is 14.7 Å². The number of carbonyl (C=O) groups is 2. The van der Waals surface area contributed by atoms with E-state index in [2.05, 4.69) is 39.4 Å². The van der Waals surface area contributed by atoms with Crippen molar-refractivity contribution in [2.45, 2.75) is 31.8 Å². The second-order valence-corrected chi connectivity index (χ2v) is 9.18. The Morgan fingerprint density at radius 1 is 1.14 bits per heavy atom. The molecule has 2 amide bonds. The minimum atomic E-state index is -0.891. The summed E-state index contributed by atoms with van der Waals surface area (Å²) in [7, 11) is 1.51. The molecule has 1 saturated heterocycles. The molecule has 3 heterocycles. The highest BCUT2D eigenvalue weighted by Gasteiger charge is 2.52. The smallest absolute Gasteiger partial charge is 0.253 e. The number of aliphatic hydroxyl groups excluding tert-OH is 1. The topological polar surface area (TPSA) is 120 Å². The molecular formula is C25H27ClN6O3. The number of benzene rings is 1. The van der Waals surface area contributed by atoms with E-state index >= 15 is 0 Å². The zero-order valence-corrected chi connectivity index (χ0v) is 20.5. The van der Waals surface area contributed by atoms with Gasteiger partial charge >= 0.3 is 0 Å². The van der Waals surface area contributed by atoms with Crippen molar-refractivity contribution in [1.82, 2.24) is 20.3 Å². The molecule has 0 spiro atoms. The van der Waals surface area contributed by atoms with E-state index in [0.717, 1.165) is 11.1 Å². The average Bonchev–Trinajstić information content (AvgIpc) is 2.84. The predicted molar refractivity (Wildman–Crippen MR) is 134 cm³/mol. The summed E-state index contributed by atoms with van der Waals surface area (Å²) in [5.41, 5.74) is 2.09. The lowest BCUT2D eigenvalue weighted by Crippen LogP contribution is -2.66. The highest BCUT2D eigenvalue weighted by Crippen LogP contribution is 2.41. The van der Waals surface area contributed by atoms with Crippen LogP contribution in [0.25, 0.3) is 0 Å². The van der Waals surface area contributed by atoms with Crippen LogP contribution in [0.5, 0.6) is 0 Å². The van der Waals surface area contributed by atoms with Gasteiger partial charge in [-0.05, 0) is 23.1 Å². The first-order valence-corrected chi connectivity index (χ1v) is 11.6. The first-order valence-electron chi connectivity index (χ1n) is 11.2. The Bertz CT molecular complexity index is 1240. The van der Waals surface area contributed by atoms with E-state index in [4.69, 9.17) is 11.6 Å². The second kappa shape index (κ2) is 9.97. The fourth-order valence-electron chi connectivity index (χ4n) is 4.33. The van der Waals surface area contributed by atoms with Crippen molar-refractivity contribution in [3.8, 4) is 0 Å². The molecule has 0 radical (unpaired) electrons. The normalized spacial score (nSPS) is 14.4. The van der Waals surface area contributed by atoms with Crippen LogP contribution in [0.3, 0.4) is 0 Å². The fraction of sp³-hybridized carbons (Fsp3) is 0.320. The maximum Gasteiger partial charge on any atom is 0.253 e. The van der Waals surface area contributed by atoms with Crippen LogP contribution in [-0.2, 0) is 16.8 Å². The number of carbonyl (C=O) groups excluding carboxylic acids is 2. The Kier molecular flexibility index (Phi) is 7.00. The molecule has 1 aliphatic heterocycles. The number of aliphatic hydroxyl groups is 1. The number of rotatable bonds is 7. The number of hydrogen-bond acceptors (Lipinski definition) is 7. The van der Waals surface area contributed by atoms with Gasteiger partial charge in [0.2, 0.25) is 5.91 Å². The molecule has 0 bridgehead atoms. The van der Waals surface area contributed by atoms with Crippen LogP contribution >= 0.6 is 11.6 Å². The molecule has 3 aromatic rings. The highest BCUT2D eigenvalue weighted by molar-refractivity contribution is 6.30. The number of halogens is 1. The molecule has 182 valence electrons. The summed E-state index contributed by atoms with van der Waals surface area (Å²) in [6, 6.07) is 9.33. The van der Waals surface area contributed by atoms with Gasteiger partial charge in [0.25, 0.3) is 5.91 Å². The van der Waals surface area contributed by atoms with Crippen molar-refractivity contribution in [2.75, 3.05) is 30.4 Å². The van der Waals surface area contributed by atoms with Gasteiger partial charge in [-0.2, -0.15) is 0 Å². The molecule has 2 aromatic heterocycles. The van der Waals surface area contributed by atoms with Crippen molar-refractivity contribution >= 4 is 34.9 Å². The standard InChI is InChI=1S/C25H27ClN6O3/c1-15(2)17-6-4-5-7-19(17)25(13-32(14-25)22-11-28-16(12-33)9-30-22)24(35)31-20-10-29-21(26)8-18(20)23(34)27-3/h4-11,15,33H,12-14H2,1-3H3,(H,27,34)(H,31,35). The van der Waals surface area contributed by atoms with Crippen molar-refractivity contribution in [3.05, 3.63) is 76.5 Å². The van der Waals surface area contributed by atoms with Gasteiger partial charge in [-0.3, -0.25) is 14.6 Å². The third-order valence-corrected chi connectivity index (χ3v) is 6.43. The van der Waals surface area contributed by atoms with Crippen LogP contribution in [0.4, 0.5) is 11.5 Å². The third kappa shape index (κ3) is 4.69. The molecule has 1 fully saturated rings. The van der Waals surface area contributed by atoms with Crippen LogP contribution < -0.4 is 15.5 Å². The predicted octanol–water partition coefficient (Wildman–Crippen LogP) is 2.90. The summed E-state index contributed by atoms with van der Waals surface area (Å²) >= 11 is 6.00. The van der Waals surface area contributed by atoms with Gasteiger partial charge in [0, 0.05) is 20.1 Å². The molecule has 0 aliphatic carbocycles. The van der Waals surface area contributed by atoms with E-state index in [1.165, 1.54) is 25.5 Å². The van der Waals surface area contributed by atoms with Crippen molar-refractivity contribution in [1.29, 1.82) is 0 Å². The number of aromatic nitrogens is 3. The minimum absolute atomic E-state index is 0.154. The maximum atomic E-state index is 13.9. The molecule has 0 saturated carbocycles. The average molecular weight is 495 g/mol. The van der Waals surface area contributed by atoms with Crippen LogP contribution in [0.15, 0.2) is 48.9 Å². The summed E-state index contributed by atoms with van der Waals surface area (Å²) in [6.45, 7) is 4.72. The Morgan fingerprint density at radius 2 is 1.89 bits per heavy atom. The number of nitrogens with zero attached hydrogens (tertiary/aromatic N) is 4. The molecule has 3 N–H and O–H groups in total. The Labute approximate surface area is 208 Å². The van der Waals surface area contributed by atoms with Gasteiger partial charge in [-0.1, -0.05) is 49.7 Å². The summed E-state index contributed by atoms with van der Waals surface area (Å²) < 4.78 is 0. The molecule has 1 aromatic carbocycles. The second-order valence-electron chi connectivity index (χ2n) is 8.79. The van der Waals surface area contributed by atoms with Gasteiger partial charge in [0.05, 0.1) is 42.1 Å². The molecule has 35 heavy (non-hydrogen) atoms. The largest absolute Gasteiger partial charge is 0.390 e. The Morgan fingerprint density at radius 3 is 2.51 bits per heavy atom. The number of hydrogen-bond donors (Lipinski definition) is 3. The summed E-state index contributed by atoms with van der Waals surface area (Å²) in [6.07, 6.45) is 4.50. The third-order valence-electron chi connectivity index (χ3n) is 6.22. The SMILES string of the molecule is CNC(=O)c1cc(Cl)ncc1NC(=O)C1(c2ccccc2C(C)C)CN(c2cnc(CO)cn2)C1. The van der Waals surface area contributed by atoms with Crippen molar-refractivity contribution in [3.63, 3.8) is 0 Å². The summed E-state index contributed by atoms with van der Waals surface area (Å²) in [4.78, 5) is 40.9. The Balaban J connectivity index is 1.71. The fourth-order valence-corrected chi connectivity index (χ4v) is 4.48. The quantitative estimate of drug-likeness (QED) is 0.432. The van der Waals surface area contributed by atoms with Crippen LogP contribution in [0, 0.1) is 0 Å². The molecule has 0 atom stereocenters. The van der Waals surface area contributed by atoms with E-state index in [1.54, 1.807) is 6.20 Å². The number of anilines is 2. The lowest BCUT2D eigenvalue weighted by Gasteiger charge is -2.50. The van der Waals surface area contributed by atoms with Gasteiger partial charge in [0.1, 0.15) is 16.4 Å². The zero-order chi connectivity index (χ0) is 25.2. The molecule has 1 aliphatic rings. The van der Waals surface area contributed by atoms with E-state index in [0.29, 0.717) is 24.6 Å². The van der Waals surface area contributed by atoms with Gasteiger partial charge < -0.3 is 20.6 Å². The van der Waals surface area contributed by atoms with Crippen LogP contribution in [0.1, 0.15) is 46.9 Å². The summed E-state index contributed by atoms with van der Waals surface area (Å²) in [5.74, 6) is 0.186. The molecular weight excluding hydrogens is 468 g/mol. The van der Waals surface area contributed by atoms with E-state index in [1.807, 2.05) is 29.2 Å². The molecule has 0 unspecified atom stereocenters. The van der Waals surface area contributed by atoms with Gasteiger partial charge in [-0.25, -0.2) is 9.97 Å². The molecule has 10 heteroatoms. The monoisotopic (exact) mass is 494 g/mol. The van der Waals surface area contributed by atoms with Gasteiger partial charge in [-0.15, -0.1) is 0 Å². The van der Waals surface area contributed by atoms with E-state index in [9.17, 15) is 14.7 Å². The van der Waals surface area contributed by atoms with E-state index < -0.39 is 5.41 Å². The number of pyridine rings is 1. The lowest BCUT2D eigenvalue weighted by atomic mass is 9.69. The molecule has 4 rings (SSSR count). The summed E-state index contributed by atoms with van der Waals surface area (Å²) in [5, 5.41) is 14.9. The van der Waals surface area contributed by atoms with Crippen LogP contribution in [0.2, 0.25) is 5.15 Å². The number of amides is 2. The minimum Gasteiger partial charge on any atom is -0.390 e. The Hall–Kier alpha value is -3.56. The molecule has 9 nitrogen and oxygen atoms in total. The van der Waals surface area contributed by atoms with E-state index in [-0.39, 0.29) is 40.7 Å². The maximum absolute atomic E-state index is 13.9. The zero-order valence-electron chi connectivity index (χ0n) is 19.7. The first kappa shape index (κ1) is 24.6. The number of nitrogens with one attached hydrogen (secondary N) is 2. The lowest BCUT2D eigenvalue weighted by molar-refractivity contribution is -0.122. The highest BCUT2D eigenvalue weighted by atomic mass is 35.5.